The maximum atomic E-state index is 14.0. The number of hydrogen-bond donors (Lipinski definition) is 2. The zero-order valence-electron chi connectivity index (χ0n) is 18.8. The van der Waals surface area contributed by atoms with Crippen molar-refractivity contribution < 1.29 is 14.2 Å². The number of methoxy groups -OCH3 is 1. The van der Waals surface area contributed by atoms with E-state index in [9.17, 15) is 19.1 Å². The first-order chi connectivity index (χ1) is 16.6. The fourth-order valence-corrected chi connectivity index (χ4v) is 5.32. The number of thiophene rings is 1. The van der Waals surface area contributed by atoms with E-state index in [0.717, 1.165) is 22.0 Å². The molecule has 0 aliphatic carbocycles. The Labute approximate surface area is 207 Å². The van der Waals surface area contributed by atoms with E-state index < -0.39 is 22.7 Å². The zero-order chi connectivity index (χ0) is 25.1. The van der Waals surface area contributed by atoms with Crippen LogP contribution in [0.2, 0.25) is 5.02 Å². The summed E-state index contributed by atoms with van der Waals surface area (Å²) in [6.45, 7) is 3.31. The van der Waals surface area contributed by atoms with Crippen molar-refractivity contribution in [1.29, 1.82) is 0 Å². The van der Waals surface area contributed by atoms with Crippen molar-refractivity contribution in [3.63, 3.8) is 0 Å². The van der Waals surface area contributed by atoms with Crippen molar-refractivity contribution in [2.45, 2.75) is 19.4 Å². The van der Waals surface area contributed by atoms with Gasteiger partial charge in [-0.3, -0.25) is 9.78 Å². The van der Waals surface area contributed by atoms with Gasteiger partial charge in [-0.2, -0.15) is 0 Å². The maximum Gasteiger partial charge on any atom is 0.333 e. The quantitative estimate of drug-likeness (QED) is 0.354. The van der Waals surface area contributed by atoms with Gasteiger partial charge in [-0.1, -0.05) is 23.7 Å². The molecule has 0 unspecified atom stereocenters. The molecule has 0 aliphatic heterocycles. The molecule has 0 saturated heterocycles. The molecule has 5 rings (SSSR count). The van der Waals surface area contributed by atoms with E-state index in [1.54, 1.807) is 44.3 Å². The fraction of sp³-hybridized carbons (Fsp3) is 0.160. The third-order valence-corrected chi connectivity index (χ3v) is 7.24. The first kappa shape index (κ1) is 23.2. The minimum absolute atomic E-state index is 0.0113. The number of nitrogens with one attached hydrogen (secondary N) is 1. The Morgan fingerprint density at radius 1 is 1.17 bits per heavy atom. The number of ether oxygens (including phenoxy) is 1. The number of aliphatic hydroxyl groups is 1. The molecule has 0 aliphatic rings. The van der Waals surface area contributed by atoms with E-state index in [1.807, 2.05) is 0 Å². The van der Waals surface area contributed by atoms with Crippen LogP contribution in [0.1, 0.15) is 19.4 Å². The van der Waals surface area contributed by atoms with E-state index in [0.29, 0.717) is 32.3 Å². The maximum absolute atomic E-state index is 14.0. The molecule has 5 aromatic rings. The lowest BCUT2D eigenvalue weighted by atomic mass is 9.95. The van der Waals surface area contributed by atoms with Crippen molar-refractivity contribution in [3.05, 3.63) is 86.0 Å². The van der Waals surface area contributed by atoms with Crippen LogP contribution in [0.25, 0.3) is 37.1 Å². The molecule has 0 amide bonds. The predicted octanol–water partition coefficient (Wildman–Crippen LogP) is 4.98. The summed E-state index contributed by atoms with van der Waals surface area (Å²) in [6, 6.07) is 9.52. The molecular formula is C25H19ClFN3O4S. The van der Waals surface area contributed by atoms with E-state index in [-0.39, 0.29) is 21.2 Å². The number of aromatic amines is 1. The number of nitrogens with zero attached hydrogens (tertiary/aromatic N) is 2. The highest BCUT2D eigenvalue weighted by molar-refractivity contribution is 7.22. The number of aromatic nitrogens is 3. The highest BCUT2D eigenvalue weighted by Crippen LogP contribution is 2.38. The summed E-state index contributed by atoms with van der Waals surface area (Å²) in [5.74, 6) is -0.593. The third-order valence-electron chi connectivity index (χ3n) is 5.77. The Hall–Kier alpha value is -3.53. The number of rotatable bonds is 4. The molecule has 3 aromatic heterocycles. The molecule has 2 aromatic carbocycles. The Morgan fingerprint density at radius 2 is 1.94 bits per heavy atom. The molecule has 0 fully saturated rings. The molecule has 0 bridgehead atoms. The normalized spacial score (nSPS) is 11.9. The summed E-state index contributed by atoms with van der Waals surface area (Å²) in [7, 11) is 1.35. The molecule has 2 N–H and O–H groups in total. The lowest BCUT2D eigenvalue weighted by Crippen LogP contribution is -2.33. The second-order valence-electron chi connectivity index (χ2n) is 8.54. The minimum Gasteiger partial charge on any atom is -0.494 e. The first-order valence-corrected chi connectivity index (χ1v) is 11.7. The zero-order valence-corrected chi connectivity index (χ0v) is 20.4. The molecule has 0 saturated carbocycles. The molecule has 0 spiro atoms. The van der Waals surface area contributed by atoms with Gasteiger partial charge in [-0.15, -0.1) is 11.3 Å². The number of pyridine rings is 1. The van der Waals surface area contributed by atoms with E-state index in [1.165, 1.54) is 19.4 Å². The van der Waals surface area contributed by atoms with Crippen LogP contribution in [-0.4, -0.2) is 26.8 Å². The summed E-state index contributed by atoms with van der Waals surface area (Å²) in [4.78, 5) is 34.1. The van der Waals surface area contributed by atoms with Gasteiger partial charge in [0.1, 0.15) is 4.70 Å². The van der Waals surface area contributed by atoms with Crippen LogP contribution in [0.4, 0.5) is 4.39 Å². The van der Waals surface area contributed by atoms with Crippen LogP contribution in [0.3, 0.4) is 0 Å². The van der Waals surface area contributed by atoms with Crippen molar-refractivity contribution in [3.8, 4) is 21.9 Å². The van der Waals surface area contributed by atoms with Gasteiger partial charge in [0.15, 0.2) is 11.6 Å². The van der Waals surface area contributed by atoms with Crippen molar-refractivity contribution in [2.24, 2.45) is 0 Å². The van der Waals surface area contributed by atoms with Gasteiger partial charge in [-0.25, -0.2) is 13.8 Å². The van der Waals surface area contributed by atoms with Crippen LogP contribution in [0.15, 0.2) is 58.4 Å². The topological polar surface area (TPSA) is 97.2 Å². The summed E-state index contributed by atoms with van der Waals surface area (Å²) < 4.78 is 20.4. The second-order valence-corrected chi connectivity index (χ2v) is 10.0. The Bertz CT molecular complexity index is 1750. The summed E-state index contributed by atoms with van der Waals surface area (Å²) in [5.41, 5.74) is -0.570. The molecule has 178 valence electrons. The summed E-state index contributed by atoms with van der Waals surface area (Å²) in [5, 5.41) is 11.9. The largest absolute Gasteiger partial charge is 0.494 e. The molecule has 0 radical (unpaired) electrons. The van der Waals surface area contributed by atoms with Gasteiger partial charge < -0.3 is 14.8 Å². The summed E-state index contributed by atoms with van der Waals surface area (Å²) >= 11 is 7.38. The first-order valence-electron chi connectivity index (χ1n) is 10.5. The average Bonchev–Trinajstić information content (AvgIpc) is 3.22. The second kappa shape index (κ2) is 8.30. The molecular weight excluding hydrogens is 493 g/mol. The number of benzene rings is 2. The molecule has 10 heteroatoms. The van der Waals surface area contributed by atoms with Crippen LogP contribution < -0.4 is 16.0 Å². The fourth-order valence-electron chi connectivity index (χ4n) is 3.94. The van der Waals surface area contributed by atoms with Gasteiger partial charge in [-0.05, 0) is 43.7 Å². The lowest BCUT2D eigenvalue weighted by Gasteiger charge is -2.19. The Balaban J connectivity index is 1.76. The van der Waals surface area contributed by atoms with Crippen molar-refractivity contribution >= 4 is 43.9 Å². The Kier molecular flexibility index (Phi) is 5.51. The number of fused-ring (bicyclic) bond motifs is 2. The molecule has 7 nitrogen and oxygen atoms in total. The van der Waals surface area contributed by atoms with Crippen molar-refractivity contribution in [1.82, 2.24) is 14.5 Å². The smallest absolute Gasteiger partial charge is 0.333 e. The van der Waals surface area contributed by atoms with Crippen LogP contribution >= 0.6 is 22.9 Å². The molecule has 35 heavy (non-hydrogen) atoms. The van der Waals surface area contributed by atoms with E-state index in [2.05, 4.69) is 9.97 Å². The van der Waals surface area contributed by atoms with E-state index in [4.69, 9.17) is 16.3 Å². The third kappa shape index (κ3) is 3.91. The number of H-pyrrole nitrogens is 1. The highest BCUT2D eigenvalue weighted by atomic mass is 35.5. The van der Waals surface area contributed by atoms with Gasteiger partial charge in [0.05, 0.1) is 35.1 Å². The SMILES string of the molecule is COc1cc(-c2cc3[nH]c(=O)n(-c4cncc5ccc(C(C)(C)O)cc45)c(=O)c3s2)c(Cl)cc1F. The van der Waals surface area contributed by atoms with Crippen molar-refractivity contribution in [2.75, 3.05) is 7.11 Å². The van der Waals surface area contributed by atoms with E-state index >= 15 is 0 Å². The standard InChI is InChI=1S/C25H19ClFN3O4S/c1-25(2,33)13-5-4-12-10-28-11-19(14(12)6-13)30-23(31)22-18(29-24(30)32)9-21(35-22)15-7-20(34-3)17(27)8-16(15)26/h4-11,33H,1-3H3,(H,29,32). The predicted molar refractivity (Wildman–Crippen MR) is 136 cm³/mol. The molecule has 3 heterocycles. The van der Waals surface area contributed by atoms with Gasteiger partial charge in [0.25, 0.3) is 5.56 Å². The van der Waals surface area contributed by atoms with Gasteiger partial charge >= 0.3 is 5.69 Å². The number of hydrogen-bond acceptors (Lipinski definition) is 6. The lowest BCUT2D eigenvalue weighted by molar-refractivity contribution is 0.0787. The number of halogens is 2. The van der Waals surface area contributed by atoms with Gasteiger partial charge in [0.2, 0.25) is 0 Å². The highest BCUT2D eigenvalue weighted by Gasteiger charge is 2.20. The minimum atomic E-state index is -1.12. The average molecular weight is 512 g/mol. The monoisotopic (exact) mass is 511 g/mol. The van der Waals surface area contributed by atoms with Gasteiger partial charge in [0, 0.05) is 27.4 Å². The summed E-state index contributed by atoms with van der Waals surface area (Å²) in [6.07, 6.45) is 3.06. The van der Waals surface area contributed by atoms with Crippen LogP contribution in [-0.2, 0) is 5.60 Å². The Morgan fingerprint density at radius 3 is 2.66 bits per heavy atom. The van der Waals surface area contributed by atoms with Crippen LogP contribution in [0.5, 0.6) is 5.75 Å². The van der Waals surface area contributed by atoms with Crippen LogP contribution in [0, 0.1) is 5.82 Å². The molecule has 0 atom stereocenters.